The number of aliphatic hydroxyl groups is 1. The molecule has 0 radical (unpaired) electrons. The number of anilines is 1. The van der Waals surface area contributed by atoms with Gasteiger partial charge in [-0.15, -0.1) is 11.3 Å². The fourth-order valence-corrected chi connectivity index (χ4v) is 4.07. The van der Waals surface area contributed by atoms with Gasteiger partial charge in [-0.1, -0.05) is 0 Å². The molecule has 3 heterocycles. The van der Waals surface area contributed by atoms with E-state index in [0.717, 1.165) is 28.9 Å². The number of thiophene rings is 1. The normalized spacial score (nSPS) is 15.3. The van der Waals surface area contributed by atoms with Crippen molar-refractivity contribution >= 4 is 27.4 Å². The minimum atomic E-state index is -0.684. The Kier molecular flexibility index (Phi) is 3.12. The van der Waals surface area contributed by atoms with Crippen LogP contribution in [0, 0.1) is 0 Å². The van der Waals surface area contributed by atoms with Crippen molar-refractivity contribution in [2.75, 3.05) is 11.9 Å². The Morgan fingerprint density at radius 1 is 1.38 bits per heavy atom. The van der Waals surface area contributed by atoms with Crippen molar-refractivity contribution in [3.63, 3.8) is 0 Å². The first-order valence-corrected chi connectivity index (χ1v) is 7.85. The molecule has 5 nitrogen and oxygen atoms in total. The first-order chi connectivity index (χ1) is 10.3. The van der Waals surface area contributed by atoms with E-state index in [4.69, 9.17) is 4.42 Å². The number of fused-ring (bicyclic) bond motifs is 3. The number of aliphatic hydroxyl groups excluding tert-OH is 1. The van der Waals surface area contributed by atoms with Crippen molar-refractivity contribution in [1.82, 2.24) is 9.97 Å². The second kappa shape index (κ2) is 5.13. The average Bonchev–Trinajstić information content (AvgIpc) is 3.19. The Morgan fingerprint density at radius 3 is 3.19 bits per heavy atom. The van der Waals surface area contributed by atoms with E-state index in [9.17, 15) is 5.11 Å². The van der Waals surface area contributed by atoms with Gasteiger partial charge in [0.15, 0.2) is 0 Å². The summed E-state index contributed by atoms with van der Waals surface area (Å²) in [7, 11) is 0. The highest BCUT2D eigenvalue weighted by Crippen LogP contribution is 2.39. The Balaban J connectivity index is 1.62. The van der Waals surface area contributed by atoms with Gasteiger partial charge in [-0.05, 0) is 37.0 Å². The third-order valence-corrected chi connectivity index (χ3v) is 5.04. The molecule has 0 aromatic carbocycles. The molecule has 0 spiro atoms. The molecule has 0 bridgehead atoms. The fourth-order valence-electron chi connectivity index (χ4n) is 2.84. The zero-order valence-electron chi connectivity index (χ0n) is 11.4. The van der Waals surface area contributed by atoms with Crippen LogP contribution in [-0.2, 0) is 12.8 Å². The van der Waals surface area contributed by atoms with Crippen LogP contribution >= 0.6 is 11.3 Å². The standard InChI is InChI=1S/C15H15N3O2S/c19-10(11-4-2-6-20-11)7-16-14-13-9-3-1-5-12(9)21-15(13)18-8-17-14/h2,4,6,8,10,19H,1,3,5,7H2,(H,16,17,18). The number of aryl methyl sites for hydroxylation is 2. The fraction of sp³-hybridized carbons (Fsp3) is 0.333. The van der Waals surface area contributed by atoms with E-state index in [-0.39, 0.29) is 0 Å². The van der Waals surface area contributed by atoms with Crippen LogP contribution in [0.1, 0.15) is 28.7 Å². The molecule has 1 aliphatic carbocycles. The van der Waals surface area contributed by atoms with Crippen molar-refractivity contribution in [3.8, 4) is 0 Å². The zero-order chi connectivity index (χ0) is 14.2. The van der Waals surface area contributed by atoms with Crippen molar-refractivity contribution < 1.29 is 9.52 Å². The molecule has 6 heteroatoms. The van der Waals surface area contributed by atoms with Crippen molar-refractivity contribution in [3.05, 3.63) is 40.9 Å². The topological polar surface area (TPSA) is 71.2 Å². The first kappa shape index (κ1) is 12.8. The molecular weight excluding hydrogens is 286 g/mol. The maximum atomic E-state index is 10.1. The molecule has 108 valence electrons. The van der Waals surface area contributed by atoms with E-state index in [1.54, 1.807) is 36.1 Å². The van der Waals surface area contributed by atoms with Gasteiger partial charge in [0, 0.05) is 11.4 Å². The Hall–Kier alpha value is -1.92. The van der Waals surface area contributed by atoms with E-state index in [1.807, 2.05) is 0 Å². The summed E-state index contributed by atoms with van der Waals surface area (Å²) in [5, 5.41) is 14.5. The Bertz CT molecular complexity index is 767. The van der Waals surface area contributed by atoms with E-state index in [2.05, 4.69) is 15.3 Å². The molecule has 1 aliphatic rings. The summed E-state index contributed by atoms with van der Waals surface area (Å²) in [6.45, 7) is 0.365. The largest absolute Gasteiger partial charge is 0.467 e. The Morgan fingerprint density at radius 2 is 2.33 bits per heavy atom. The second-order valence-corrected chi connectivity index (χ2v) is 6.26. The van der Waals surface area contributed by atoms with Crippen molar-refractivity contribution in [1.29, 1.82) is 0 Å². The third-order valence-electron chi connectivity index (χ3n) is 3.84. The maximum absolute atomic E-state index is 10.1. The number of rotatable bonds is 4. The van der Waals surface area contributed by atoms with E-state index >= 15 is 0 Å². The van der Waals surface area contributed by atoms with Gasteiger partial charge in [0.25, 0.3) is 0 Å². The van der Waals surface area contributed by atoms with Gasteiger partial charge < -0.3 is 14.8 Å². The summed E-state index contributed by atoms with van der Waals surface area (Å²) in [4.78, 5) is 11.2. The molecule has 3 aromatic heterocycles. The van der Waals surface area contributed by atoms with Crippen molar-refractivity contribution in [2.24, 2.45) is 0 Å². The molecule has 3 aromatic rings. The second-order valence-electron chi connectivity index (χ2n) is 5.17. The molecule has 0 saturated carbocycles. The number of hydrogen-bond donors (Lipinski definition) is 2. The lowest BCUT2D eigenvalue weighted by atomic mass is 10.2. The minimum absolute atomic E-state index is 0.365. The SMILES string of the molecule is OC(CNc1ncnc2sc3c(c12)CCC3)c1ccco1. The van der Waals surface area contributed by atoms with E-state index in [0.29, 0.717) is 12.3 Å². The highest BCUT2D eigenvalue weighted by atomic mass is 32.1. The van der Waals surface area contributed by atoms with Crippen LogP contribution in [0.5, 0.6) is 0 Å². The van der Waals surface area contributed by atoms with Crippen LogP contribution < -0.4 is 5.32 Å². The van der Waals surface area contributed by atoms with Crippen LogP contribution in [0.4, 0.5) is 5.82 Å². The smallest absolute Gasteiger partial charge is 0.138 e. The van der Waals surface area contributed by atoms with Gasteiger partial charge in [0.05, 0.1) is 11.6 Å². The molecule has 2 N–H and O–H groups in total. The third kappa shape index (κ3) is 2.20. The quantitative estimate of drug-likeness (QED) is 0.775. The lowest BCUT2D eigenvalue weighted by molar-refractivity contribution is 0.162. The molecule has 1 unspecified atom stereocenters. The van der Waals surface area contributed by atoms with Crippen LogP contribution in [0.2, 0.25) is 0 Å². The summed E-state index contributed by atoms with van der Waals surface area (Å²) in [6, 6.07) is 3.54. The number of nitrogens with zero attached hydrogens (tertiary/aromatic N) is 2. The van der Waals surface area contributed by atoms with Crippen LogP contribution in [0.15, 0.2) is 29.1 Å². The first-order valence-electron chi connectivity index (χ1n) is 7.03. The monoisotopic (exact) mass is 301 g/mol. The molecule has 0 aliphatic heterocycles. The van der Waals surface area contributed by atoms with Gasteiger partial charge in [-0.2, -0.15) is 0 Å². The van der Waals surface area contributed by atoms with Gasteiger partial charge in [0.1, 0.15) is 28.8 Å². The van der Waals surface area contributed by atoms with Gasteiger partial charge in [-0.25, -0.2) is 9.97 Å². The summed E-state index contributed by atoms with van der Waals surface area (Å²) in [5.41, 5.74) is 1.38. The zero-order valence-corrected chi connectivity index (χ0v) is 12.2. The van der Waals surface area contributed by atoms with Crippen LogP contribution in [-0.4, -0.2) is 21.6 Å². The molecule has 4 rings (SSSR count). The summed E-state index contributed by atoms with van der Waals surface area (Å²) in [6.07, 6.45) is 5.91. The van der Waals surface area contributed by atoms with Crippen molar-refractivity contribution in [2.45, 2.75) is 25.4 Å². The molecule has 1 atom stereocenters. The average molecular weight is 301 g/mol. The predicted octanol–water partition coefficient (Wildman–Crippen LogP) is 2.92. The number of furan rings is 1. The number of hydrogen-bond acceptors (Lipinski definition) is 6. The summed E-state index contributed by atoms with van der Waals surface area (Å²) < 4.78 is 5.21. The van der Waals surface area contributed by atoms with Gasteiger partial charge in [-0.3, -0.25) is 0 Å². The van der Waals surface area contributed by atoms with E-state index < -0.39 is 6.10 Å². The minimum Gasteiger partial charge on any atom is -0.467 e. The Labute approximate surface area is 125 Å². The lowest BCUT2D eigenvalue weighted by Crippen LogP contribution is -2.12. The van der Waals surface area contributed by atoms with Gasteiger partial charge in [0.2, 0.25) is 0 Å². The van der Waals surface area contributed by atoms with Crippen LogP contribution in [0.25, 0.3) is 10.2 Å². The van der Waals surface area contributed by atoms with Gasteiger partial charge >= 0.3 is 0 Å². The summed E-state index contributed by atoms with van der Waals surface area (Å²) >= 11 is 1.76. The predicted molar refractivity (Wildman–Crippen MR) is 81.6 cm³/mol. The van der Waals surface area contributed by atoms with Crippen LogP contribution in [0.3, 0.4) is 0 Å². The maximum Gasteiger partial charge on any atom is 0.138 e. The van der Waals surface area contributed by atoms with E-state index in [1.165, 1.54) is 16.9 Å². The molecular formula is C15H15N3O2S. The highest BCUT2D eigenvalue weighted by molar-refractivity contribution is 7.19. The summed E-state index contributed by atoms with van der Waals surface area (Å²) in [5.74, 6) is 1.37. The molecule has 0 fully saturated rings. The molecule has 0 saturated heterocycles. The molecule has 0 amide bonds. The number of aromatic nitrogens is 2. The highest BCUT2D eigenvalue weighted by Gasteiger charge is 2.21. The lowest BCUT2D eigenvalue weighted by Gasteiger charge is -2.11. The number of nitrogens with one attached hydrogen (secondary N) is 1. The molecule has 21 heavy (non-hydrogen) atoms.